The summed E-state index contributed by atoms with van der Waals surface area (Å²) in [6.07, 6.45) is -0.254. The van der Waals surface area contributed by atoms with Gasteiger partial charge in [-0.05, 0) is 54.4 Å². The van der Waals surface area contributed by atoms with Gasteiger partial charge >= 0.3 is 5.63 Å². The maximum absolute atomic E-state index is 12.8. The van der Waals surface area contributed by atoms with Crippen LogP contribution >= 0.6 is 0 Å². The van der Waals surface area contributed by atoms with Crippen LogP contribution in [-0.4, -0.2) is 21.3 Å². The number of ether oxygens (including phenoxy) is 5. The molecule has 0 spiro atoms. The van der Waals surface area contributed by atoms with Gasteiger partial charge in [0.05, 0.1) is 21.3 Å². The van der Waals surface area contributed by atoms with E-state index < -0.39 is 17.5 Å². The molecule has 7 nitrogen and oxygen atoms in total. The summed E-state index contributed by atoms with van der Waals surface area (Å²) in [5.41, 5.74) is 2.43. The lowest BCUT2D eigenvalue weighted by Crippen LogP contribution is -2.47. The predicted molar refractivity (Wildman–Crippen MR) is 111 cm³/mol. The van der Waals surface area contributed by atoms with Crippen LogP contribution in [0.25, 0.3) is 0 Å². The smallest absolute Gasteiger partial charge is 0.345 e. The lowest BCUT2D eigenvalue weighted by atomic mass is 9.84. The topological polar surface area (TPSA) is 76.4 Å². The SMILES string of the molecule is COc1ccc([C@]23Cc4cc(OC)c(OC)cc4[C@H](O2)c2c(cc(C)oc2=O)O3)cc1. The van der Waals surface area contributed by atoms with E-state index in [1.807, 2.05) is 36.4 Å². The third kappa shape index (κ3) is 2.96. The maximum Gasteiger partial charge on any atom is 0.345 e. The van der Waals surface area contributed by atoms with Gasteiger partial charge in [0, 0.05) is 18.1 Å². The number of methoxy groups -OCH3 is 3. The van der Waals surface area contributed by atoms with Crippen LogP contribution < -0.4 is 24.6 Å². The van der Waals surface area contributed by atoms with E-state index in [1.54, 1.807) is 34.3 Å². The van der Waals surface area contributed by atoms with Gasteiger partial charge in [0.15, 0.2) is 11.5 Å². The van der Waals surface area contributed by atoms with E-state index in [0.29, 0.717) is 35.0 Å². The van der Waals surface area contributed by atoms with E-state index in [-0.39, 0.29) is 0 Å². The number of rotatable bonds is 4. The molecule has 0 unspecified atom stereocenters. The molecule has 5 rings (SSSR count). The molecule has 31 heavy (non-hydrogen) atoms. The van der Waals surface area contributed by atoms with Crippen molar-refractivity contribution < 1.29 is 28.1 Å². The Bertz CT molecular complexity index is 1210. The Morgan fingerprint density at radius 2 is 1.68 bits per heavy atom. The zero-order valence-corrected chi connectivity index (χ0v) is 17.7. The van der Waals surface area contributed by atoms with Crippen LogP contribution in [0.4, 0.5) is 0 Å². The fraction of sp³-hybridized carbons (Fsp3) is 0.292. The van der Waals surface area contributed by atoms with Gasteiger partial charge < -0.3 is 28.1 Å². The standard InChI is InChI=1S/C24H22O7/c1-13-9-20-21(23(25)29-13)22-17-11-19(28-4)18(27-3)10-14(17)12-24(30-20,31-22)15-5-7-16(26-2)8-6-15/h5-11,22H,12H2,1-4H3/t22-,24-/m0/s1. The van der Waals surface area contributed by atoms with Gasteiger partial charge in [-0.1, -0.05) is 0 Å². The van der Waals surface area contributed by atoms with Gasteiger partial charge in [-0.3, -0.25) is 0 Å². The molecule has 0 saturated carbocycles. The molecule has 2 aromatic carbocycles. The van der Waals surface area contributed by atoms with Gasteiger partial charge in [-0.2, -0.15) is 0 Å². The monoisotopic (exact) mass is 422 g/mol. The predicted octanol–water partition coefficient (Wildman–Crippen LogP) is 3.88. The highest BCUT2D eigenvalue weighted by molar-refractivity contribution is 5.54. The van der Waals surface area contributed by atoms with Gasteiger partial charge in [0.2, 0.25) is 5.79 Å². The molecule has 3 aromatic rings. The zero-order chi connectivity index (χ0) is 21.8. The van der Waals surface area contributed by atoms with Gasteiger partial charge in [0.25, 0.3) is 0 Å². The van der Waals surface area contributed by atoms with E-state index in [9.17, 15) is 4.79 Å². The van der Waals surface area contributed by atoms with Crippen molar-refractivity contribution >= 4 is 0 Å². The summed E-state index contributed by atoms with van der Waals surface area (Å²) in [6.45, 7) is 1.72. The fourth-order valence-corrected chi connectivity index (χ4v) is 4.32. The first kappa shape index (κ1) is 19.5. The zero-order valence-electron chi connectivity index (χ0n) is 17.7. The van der Waals surface area contributed by atoms with Gasteiger partial charge in [-0.15, -0.1) is 0 Å². The second-order valence-corrected chi connectivity index (χ2v) is 7.59. The molecular formula is C24H22O7. The highest BCUT2D eigenvalue weighted by Gasteiger charge is 2.50. The van der Waals surface area contributed by atoms with Crippen LogP contribution in [0.5, 0.6) is 23.0 Å². The lowest BCUT2D eigenvalue weighted by molar-refractivity contribution is -0.238. The van der Waals surface area contributed by atoms with Crippen molar-refractivity contribution in [2.75, 3.05) is 21.3 Å². The molecule has 0 radical (unpaired) electrons. The van der Waals surface area contributed by atoms with E-state index in [2.05, 4.69) is 0 Å². The van der Waals surface area contributed by atoms with Crippen LogP contribution in [0.3, 0.4) is 0 Å². The number of hydrogen-bond acceptors (Lipinski definition) is 7. The summed E-state index contributed by atoms with van der Waals surface area (Å²) in [5, 5.41) is 0. The molecule has 2 bridgehead atoms. The van der Waals surface area contributed by atoms with Crippen molar-refractivity contribution in [3.63, 3.8) is 0 Å². The van der Waals surface area contributed by atoms with Crippen LogP contribution in [-0.2, 0) is 16.9 Å². The number of hydrogen-bond donors (Lipinski definition) is 0. The first-order chi connectivity index (χ1) is 15.0. The van der Waals surface area contributed by atoms with Crippen molar-refractivity contribution in [3.05, 3.63) is 80.9 Å². The molecule has 7 heteroatoms. The van der Waals surface area contributed by atoms with Crippen molar-refractivity contribution in [1.29, 1.82) is 0 Å². The number of aryl methyl sites for hydroxylation is 1. The molecule has 0 N–H and O–H groups in total. The highest BCUT2D eigenvalue weighted by atomic mass is 16.7. The van der Waals surface area contributed by atoms with E-state index in [4.69, 9.17) is 28.1 Å². The van der Waals surface area contributed by atoms with Crippen molar-refractivity contribution in [2.45, 2.75) is 25.2 Å². The maximum atomic E-state index is 12.8. The molecule has 2 atom stereocenters. The molecule has 2 aliphatic rings. The minimum Gasteiger partial charge on any atom is -0.497 e. The molecule has 2 aliphatic heterocycles. The van der Waals surface area contributed by atoms with Gasteiger partial charge in [0.1, 0.15) is 28.9 Å². The molecule has 0 amide bonds. The Morgan fingerprint density at radius 1 is 0.968 bits per heavy atom. The first-order valence-corrected chi connectivity index (χ1v) is 9.89. The second kappa shape index (κ2) is 7.06. The second-order valence-electron chi connectivity index (χ2n) is 7.59. The van der Waals surface area contributed by atoms with Crippen LogP contribution in [0.1, 0.15) is 34.1 Å². The van der Waals surface area contributed by atoms with Crippen molar-refractivity contribution in [3.8, 4) is 23.0 Å². The fourth-order valence-electron chi connectivity index (χ4n) is 4.32. The van der Waals surface area contributed by atoms with Gasteiger partial charge in [-0.25, -0.2) is 4.79 Å². The summed E-state index contributed by atoms with van der Waals surface area (Å²) in [6, 6.07) is 13.0. The first-order valence-electron chi connectivity index (χ1n) is 9.89. The Hall–Kier alpha value is -3.45. The normalized spacial score (nSPS) is 20.8. The Balaban J connectivity index is 1.76. The molecule has 1 aromatic heterocycles. The minimum absolute atomic E-state index is 0.336. The van der Waals surface area contributed by atoms with Crippen molar-refractivity contribution in [1.82, 2.24) is 0 Å². The van der Waals surface area contributed by atoms with Crippen LogP contribution in [0.15, 0.2) is 51.7 Å². The average molecular weight is 422 g/mol. The number of fused-ring (bicyclic) bond motifs is 6. The number of benzene rings is 2. The van der Waals surface area contributed by atoms with Crippen molar-refractivity contribution in [2.24, 2.45) is 0 Å². The summed E-state index contributed by atoms with van der Waals surface area (Å²) in [7, 11) is 4.78. The Morgan fingerprint density at radius 3 is 2.35 bits per heavy atom. The Labute approximate surface area is 179 Å². The minimum atomic E-state index is -1.11. The summed E-state index contributed by atoms with van der Waals surface area (Å²) >= 11 is 0. The third-order valence-electron chi connectivity index (χ3n) is 5.80. The molecule has 0 fully saturated rings. The summed E-state index contributed by atoms with van der Waals surface area (Å²) in [4.78, 5) is 12.8. The average Bonchev–Trinajstić information content (AvgIpc) is 2.77. The van der Waals surface area contributed by atoms with E-state index in [1.165, 1.54) is 0 Å². The lowest BCUT2D eigenvalue weighted by Gasteiger charge is -2.46. The van der Waals surface area contributed by atoms with Crippen LogP contribution in [0.2, 0.25) is 0 Å². The largest absolute Gasteiger partial charge is 0.497 e. The molecule has 0 saturated heterocycles. The van der Waals surface area contributed by atoms with Crippen LogP contribution in [0, 0.1) is 6.92 Å². The highest BCUT2D eigenvalue weighted by Crippen LogP contribution is 2.53. The quantitative estimate of drug-likeness (QED) is 0.631. The molecule has 160 valence electrons. The summed E-state index contributed by atoms with van der Waals surface area (Å²) < 4.78 is 34.5. The van der Waals surface area contributed by atoms with E-state index in [0.717, 1.165) is 22.4 Å². The Kier molecular flexibility index (Phi) is 4.44. The molecule has 3 heterocycles. The summed E-state index contributed by atoms with van der Waals surface area (Å²) in [5.74, 6) is 1.71. The molecular weight excluding hydrogens is 400 g/mol. The molecule has 0 aliphatic carbocycles. The third-order valence-corrected chi connectivity index (χ3v) is 5.80. The van der Waals surface area contributed by atoms with E-state index >= 15 is 0 Å².